The Hall–Kier alpha value is -3.06. The first-order chi connectivity index (χ1) is 12.6. The van der Waals surface area contributed by atoms with Crippen LogP contribution in [0.3, 0.4) is 0 Å². The number of para-hydroxylation sites is 1. The summed E-state index contributed by atoms with van der Waals surface area (Å²) >= 11 is 5.99. The number of ether oxygens (including phenoxy) is 1. The Morgan fingerprint density at radius 3 is 2.73 bits per heavy atom. The summed E-state index contributed by atoms with van der Waals surface area (Å²) in [6, 6.07) is 14.3. The van der Waals surface area contributed by atoms with E-state index in [-0.39, 0.29) is 12.5 Å². The monoisotopic (exact) mass is 370 g/mol. The molecule has 0 saturated carbocycles. The third-order valence-electron chi connectivity index (χ3n) is 4.24. The third-order valence-corrected chi connectivity index (χ3v) is 4.50. The number of aromatic amines is 1. The summed E-state index contributed by atoms with van der Waals surface area (Å²) in [5, 5.41) is 14.2. The van der Waals surface area contributed by atoms with Crippen molar-refractivity contribution < 1.29 is 14.3 Å². The van der Waals surface area contributed by atoms with Gasteiger partial charge in [-0.2, -0.15) is 5.10 Å². The molecule has 0 bridgehead atoms. The molecule has 0 unspecified atom stereocenters. The summed E-state index contributed by atoms with van der Waals surface area (Å²) in [4.78, 5) is 23.8. The van der Waals surface area contributed by atoms with Gasteiger partial charge in [-0.15, -0.1) is 0 Å². The molecule has 1 aromatic heterocycles. The van der Waals surface area contributed by atoms with E-state index in [0.717, 1.165) is 22.2 Å². The maximum Gasteiger partial charge on any atom is 0.408 e. The number of carbonyl (C=O) groups is 2. The van der Waals surface area contributed by atoms with E-state index >= 15 is 0 Å². The van der Waals surface area contributed by atoms with Gasteiger partial charge in [-0.25, -0.2) is 4.79 Å². The SMILES string of the molecule is O=C1NC[C@@H](C(=O)N[C@H](c2ccc(Cl)cc2)c2[nH]nc3ccccc23)O1. The van der Waals surface area contributed by atoms with Crippen molar-refractivity contribution in [1.82, 2.24) is 20.8 Å². The van der Waals surface area contributed by atoms with Crippen molar-refractivity contribution in [2.45, 2.75) is 12.1 Å². The van der Waals surface area contributed by atoms with Crippen LogP contribution in [0, 0.1) is 0 Å². The van der Waals surface area contributed by atoms with Gasteiger partial charge in [0.05, 0.1) is 23.8 Å². The molecule has 1 aliphatic heterocycles. The van der Waals surface area contributed by atoms with E-state index in [0.29, 0.717) is 5.02 Å². The fraction of sp³-hybridized carbons (Fsp3) is 0.167. The van der Waals surface area contributed by atoms with Crippen LogP contribution in [0.4, 0.5) is 4.79 Å². The number of fused-ring (bicyclic) bond motifs is 1. The fourth-order valence-electron chi connectivity index (χ4n) is 2.95. The minimum absolute atomic E-state index is 0.141. The molecular weight excluding hydrogens is 356 g/mol. The topological polar surface area (TPSA) is 96.1 Å². The first kappa shape index (κ1) is 16.4. The van der Waals surface area contributed by atoms with Gasteiger partial charge in [0.15, 0.2) is 6.10 Å². The summed E-state index contributed by atoms with van der Waals surface area (Å²) in [5.41, 5.74) is 2.37. The van der Waals surface area contributed by atoms with Gasteiger partial charge in [-0.05, 0) is 23.8 Å². The summed E-state index contributed by atoms with van der Waals surface area (Å²) in [6.45, 7) is 0.141. The Balaban J connectivity index is 1.71. The summed E-state index contributed by atoms with van der Waals surface area (Å²) < 4.78 is 4.97. The maximum atomic E-state index is 12.6. The van der Waals surface area contributed by atoms with Crippen LogP contribution >= 0.6 is 11.6 Å². The highest BCUT2D eigenvalue weighted by atomic mass is 35.5. The Labute approximate surface area is 153 Å². The number of H-pyrrole nitrogens is 1. The standard InChI is InChI=1S/C18H15ClN4O3/c19-11-7-5-10(6-8-11)15(21-17(24)14-9-20-18(25)26-14)16-12-3-1-2-4-13(12)22-23-16/h1-8,14-15H,9H2,(H,20,25)(H,21,24)(H,22,23)/t14-,15+/m0/s1. The van der Waals surface area contributed by atoms with Crippen LogP contribution in [0.1, 0.15) is 17.3 Å². The number of hydrogen-bond acceptors (Lipinski definition) is 4. The minimum atomic E-state index is -0.869. The van der Waals surface area contributed by atoms with Crippen LogP contribution in [-0.2, 0) is 9.53 Å². The summed E-state index contributed by atoms with van der Waals surface area (Å²) in [5.74, 6) is -0.387. The van der Waals surface area contributed by atoms with Crippen LogP contribution in [0.15, 0.2) is 48.5 Å². The van der Waals surface area contributed by atoms with Crippen molar-refractivity contribution in [2.75, 3.05) is 6.54 Å². The normalized spacial score (nSPS) is 17.6. The fourth-order valence-corrected chi connectivity index (χ4v) is 3.07. The number of benzene rings is 2. The van der Waals surface area contributed by atoms with Crippen LogP contribution < -0.4 is 10.6 Å². The van der Waals surface area contributed by atoms with Crippen molar-refractivity contribution in [2.24, 2.45) is 0 Å². The molecule has 0 aliphatic carbocycles. The van der Waals surface area contributed by atoms with E-state index in [1.807, 2.05) is 36.4 Å². The average molecular weight is 371 g/mol. The first-order valence-electron chi connectivity index (χ1n) is 8.05. The minimum Gasteiger partial charge on any atom is -0.434 e. The Kier molecular flexibility index (Phi) is 4.22. The zero-order valence-electron chi connectivity index (χ0n) is 13.5. The lowest BCUT2D eigenvalue weighted by Crippen LogP contribution is -2.39. The molecule has 3 aromatic rings. The molecule has 4 rings (SSSR count). The van der Waals surface area contributed by atoms with Gasteiger partial charge in [-0.1, -0.05) is 41.9 Å². The second kappa shape index (κ2) is 6.68. The van der Waals surface area contributed by atoms with Crippen LogP contribution in [-0.4, -0.2) is 34.8 Å². The predicted molar refractivity (Wildman–Crippen MR) is 95.8 cm³/mol. The molecule has 1 saturated heterocycles. The van der Waals surface area contributed by atoms with Crippen molar-refractivity contribution in [3.63, 3.8) is 0 Å². The molecule has 1 aliphatic rings. The summed E-state index contributed by atoms with van der Waals surface area (Å²) in [7, 11) is 0. The van der Waals surface area contributed by atoms with Crippen molar-refractivity contribution in [3.8, 4) is 0 Å². The second-order valence-corrected chi connectivity index (χ2v) is 6.36. The molecule has 7 nitrogen and oxygen atoms in total. The largest absolute Gasteiger partial charge is 0.434 e. The zero-order chi connectivity index (χ0) is 18.1. The molecular formula is C18H15ClN4O3. The lowest BCUT2D eigenvalue weighted by atomic mass is 10.0. The summed E-state index contributed by atoms with van der Waals surface area (Å²) in [6.07, 6.45) is -1.47. The second-order valence-electron chi connectivity index (χ2n) is 5.92. The highest BCUT2D eigenvalue weighted by Crippen LogP contribution is 2.28. The maximum absolute atomic E-state index is 12.6. The predicted octanol–water partition coefficient (Wildman–Crippen LogP) is 2.53. The van der Waals surface area contributed by atoms with Gasteiger partial charge in [0.2, 0.25) is 0 Å². The molecule has 26 heavy (non-hydrogen) atoms. The molecule has 0 spiro atoms. The van der Waals surface area contributed by atoms with Gasteiger partial charge >= 0.3 is 6.09 Å². The van der Waals surface area contributed by atoms with E-state index in [2.05, 4.69) is 20.8 Å². The van der Waals surface area contributed by atoms with Gasteiger partial charge in [0.1, 0.15) is 0 Å². The molecule has 2 heterocycles. The lowest BCUT2D eigenvalue weighted by molar-refractivity contribution is -0.128. The zero-order valence-corrected chi connectivity index (χ0v) is 14.3. The number of nitrogens with zero attached hydrogens (tertiary/aromatic N) is 1. The number of amides is 2. The number of cyclic esters (lactones) is 1. The number of alkyl carbamates (subject to hydrolysis) is 1. The van der Waals surface area contributed by atoms with Gasteiger partial charge in [0, 0.05) is 10.4 Å². The number of carbonyl (C=O) groups excluding carboxylic acids is 2. The molecule has 0 radical (unpaired) electrons. The van der Waals surface area contributed by atoms with Crippen LogP contribution in [0.2, 0.25) is 5.02 Å². The van der Waals surface area contributed by atoms with Crippen LogP contribution in [0.5, 0.6) is 0 Å². The van der Waals surface area contributed by atoms with E-state index in [4.69, 9.17) is 16.3 Å². The molecule has 2 aromatic carbocycles. The van der Waals surface area contributed by atoms with Crippen LogP contribution in [0.25, 0.3) is 10.9 Å². The third kappa shape index (κ3) is 3.09. The molecule has 1 fully saturated rings. The smallest absolute Gasteiger partial charge is 0.408 e. The molecule has 2 amide bonds. The van der Waals surface area contributed by atoms with Crippen molar-refractivity contribution in [1.29, 1.82) is 0 Å². The molecule has 8 heteroatoms. The van der Waals surface area contributed by atoms with Gasteiger partial charge < -0.3 is 15.4 Å². The van der Waals surface area contributed by atoms with E-state index in [9.17, 15) is 9.59 Å². The highest BCUT2D eigenvalue weighted by molar-refractivity contribution is 6.30. The number of rotatable bonds is 4. The number of aromatic nitrogens is 2. The molecule has 3 N–H and O–H groups in total. The number of hydrogen-bond donors (Lipinski definition) is 3. The van der Waals surface area contributed by atoms with E-state index in [1.54, 1.807) is 12.1 Å². The van der Waals surface area contributed by atoms with Crippen molar-refractivity contribution in [3.05, 3.63) is 64.8 Å². The van der Waals surface area contributed by atoms with Crippen molar-refractivity contribution >= 4 is 34.5 Å². The van der Waals surface area contributed by atoms with E-state index < -0.39 is 18.2 Å². The average Bonchev–Trinajstić information content (AvgIpc) is 3.27. The quantitative estimate of drug-likeness (QED) is 0.657. The molecule has 132 valence electrons. The first-order valence-corrected chi connectivity index (χ1v) is 8.43. The Morgan fingerprint density at radius 2 is 2.00 bits per heavy atom. The highest BCUT2D eigenvalue weighted by Gasteiger charge is 2.32. The van der Waals surface area contributed by atoms with E-state index in [1.165, 1.54) is 0 Å². The lowest BCUT2D eigenvalue weighted by Gasteiger charge is -2.20. The Morgan fingerprint density at radius 1 is 1.23 bits per heavy atom. The number of halogens is 1. The Bertz CT molecular complexity index is 970. The molecule has 2 atom stereocenters. The van der Waals surface area contributed by atoms with Gasteiger partial charge in [0.25, 0.3) is 5.91 Å². The number of nitrogens with one attached hydrogen (secondary N) is 3. The van der Waals surface area contributed by atoms with Gasteiger partial charge in [-0.3, -0.25) is 9.89 Å².